The molecule has 100 valence electrons. The second kappa shape index (κ2) is 6.16. The van der Waals surface area contributed by atoms with E-state index in [2.05, 4.69) is 31.9 Å². The zero-order valence-electron chi connectivity index (χ0n) is 10.5. The van der Waals surface area contributed by atoms with Gasteiger partial charge in [-0.15, -0.1) is 0 Å². The van der Waals surface area contributed by atoms with Crippen LogP contribution in [0.1, 0.15) is 22.7 Å². The molecule has 2 N–H and O–H groups in total. The fraction of sp³-hybridized carbons (Fsp3) is 0.200. The molecular weight excluding hydrogens is 373 g/mol. The fourth-order valence-corrected chi connectivity index (χ4v) is 3.38. The molecule has 4 heteroatoms. The lowest BCUT2D eigenvalue weighted by atomic mass is 9.97. The lowest BCUT2D eigenvalue weighted by Gasteiger charge is -2.16. The van der Waals surface area contributed by atoms with Crippen LogP contribution < -0.4 is 5.73 Å². The van der Waals surface area contributed by atoms with Crippen molar-refractivity contribution < 1.29 is 4.39 Å². The molecule has 2 aromatic rings. The van der Waals surface area contributed by atoms with Crippen molar-refractivity contribution in [2.45, 2.75) is 19.4 Å². The summed E-state index contributed by atoms with van der Waals surface area (Å²) in [7, 11) is 0. The first kappa shape index (κ1) is 14.7. The van der Waals surface area contributed by atoms with Gasteiger partial charge in [-0.1, -0.05) is 44.0 Å². The summed E-state index contributed by atoms with van der Waals surface area (Å²) < 4.78 is 15.1. The van der Waals surface area contributed by atoms with Crippen LogP contribution in [-0.2, 0) is 6.42 Å². The molecule has 1 nitrogen and oxygen atoms in total. The summed E-state index contributed by atoms with van der Waals surface area (Å²) in [5.74, 6) is -0.209. The van der Waals surface area contributed by atoms with Gasteiger partial charge in [-0.25, -0.2) is 4.39 Å². The third kappa shape index (κ3) is 3.65. The van der Waals surface area contributed by atoms with Crippen molar-refractivity contribution in [2.75, 3.05) is 0 Å². The van der Waals surface area contributed by atoms with E-state index in [1.807, 2.05) is 25.1 Å². The molecule has 0 saturated heterocycles. The van der Waals surface area contributed by atoms with Crippen molar-refractivity contribution in [3.63, 3.8) is 0 Å². The zero-order chi connectivity index (χ0) is 14.0. The average Bonchev–Trinajstić information content (AvgIpc) is 2.32. The van der Waals surface area contributed by atoms with E-state index in [4.69, 9.17) is 5.73 Å². The molecule has 1 unspecified atom stereocenters. The molecule has 0 aliphatic rings. The SMILES string of the molecule is Cc1cc(F)ccc1CC(N)c1ccc(Br)cc1Br. The topological polar surface area (TPSA) is 26.0 Å². The zero-order valence-corrected chi connectivity index (χ0v) is 13.6. The molecule has 1 atom stereocenters. The summed E-state index contributed by atoms with van der Waals surface area (Å²) in [6, 6.07) is 10.6. The highest BCUT2D eigenvalue weighted by molar-refractivity contribution is 9.11. The van der Waals surface area contributed by atoms with Gasteiger partial charge in [0.05, 0.1) is 0 Å². The summed E-state index contributed by atoms with van der Waals surface area (Å²) in [5.41, 5.74) is 9.30. The largest absolute Gasteiger partial charge is 0.324 e. The monoisotopic (exact) mass is 385 g/mol. The molecular formula is C15H14Br2FN. The highest BCUT2D eigenvalue weighted by atomic mass is 79.9. The Morgan fingerprint density at radius 1 is 1.16 bits per heavy atom. The van der Waals surface area contributed by atoms with Crippen LogP contribution in [0.15, 0.2) is 45.3 Å². The lowest BCUT2D eigenvalue weighted by molar-refractivity contribution is 0.623. The number of aryl methyl sites for hydroxylation is 1. The summed E-state index contributed by atoms with van der Waals surface area (Å²) in [6.45, 7) is 1.90. The van der Waals surface area contributed by atoms with E-state index in [9.17, 15) is 4.39 Å². The van der Waals surface area contributed by atoms with Crippen LogP contribution >= 0.6 is 31.9 Å². The first-order valence-corrected chi connectivity index (χ1v) is 7.51. The first-order valence-electron chi connectivity index (χ1n) is 5.93. The molecule has 19 heavy (non-hydrogen) atoms. The van der Waals surface area contributed by atoms with Crippen LogP contribution in [0.25, 0.3) is 0 Å². The quantitative estimate of drug-likeness (QED) is 0.797. The average molecular weight is 387 g/mol. The van der Waals surface area contributed by atoms with Gasteiger partial charge < -0.3 is 5.73 Å². The number of rotatable bonds is 3. The van der Waals surface area contributed by atoms with E-state index in [-0.39, 0.29) is 11.9 Å². The smallest absolute Gasteiger partial charge is 0.123 e. The summed E-state index contributed by atoms with van der Waals surface area (Å²) >= 11 is 6.94. The predicted molar refractivity (Wildman–Crippen MR) is 83.6 cm³/mol. The van der Waals surface area contributed by atoms with Crippen LogP contribution in [0.3, 0.4) is 0 Å². The standard InChI is InChI=1S/C15H14Br2FN/c1-9-6-12(18)4-2-10(9)7-15(19)13-5-3-11(16)8-14(13)17/h2-6,8,15H,7,19H2,1H3. The van der Waals surface area contributed by atoms with Gasteiger partial charge in [0.25, 0.3) is 0 Å². The number of hydrogen-bond donors (Lipinski definition) is 1. The van der Waals surface area contributed by atoms with E-state index in [0.29, 0.717) is 6.42 Å². The van der Waals surface area contributed by atoms with Gasteiger partial charge in [-0.05, 0) is 54.3 Å². The van der Waals surface area contributed by atoms with Crippen molar-refractivity contribution >= 4 is 31.9 Å². The maximum atomic E-state index is 13.1. The van der Waals surface area contributed by atoms with Gasteiger partial charge in [-0.2, -0.15) is 0 Å². The maximum absolute atomic E-state index is 13.1. The van der Waals surface area contributed by atoms with Crippen molar-refractivity contribution in [3.8, 4) is 0 Å². The highest BCUT2D eigenvalue weighted by Gasteiger charge is 2.12. The van der Waals surface area contributed by atoms with E-state index >= 15 is 0 Å². The van der Waals surface area contributed by atoms with Crippen LogP contribution in [0.4, 0.5) is 4.39 Å². The van der Waals surface area contributed by atoms with Crippen molar-refractivity contribution in [2.24, 2.45) is 5.73 Å². The molecule has 2 aromatic carbocycles. The molecule has 0 fully saturated rings. The van der Waals surface area contributed by atoms with Gasteiger partial charge in [0, 0.05) is 15.0 Å². The van der Waals surface area contributed by atoms with Crippen LogP contribution in [-0.4, -0.2) is 0 Å². The van der Waals surface area contributed by atoms with Crippen LogP contribution in [0.2, 0.25) is 0 Å². The fourth-order valence-electron chi connectivity index (χ4n) is 2.04. The Morgan fingerprint density at radius 2 is 1.89 bits per heavy atom. The molecule has 0 radical (unpaired) electrons. The van der Waals surface area contributed by atoms with Crippen molar-refractivity contribution in [3.05, 3.63) is 67.9 Å². The Hall–Kier alpha value is -0.710. The second-order valence-electron chi connectivity index (χ2n) is 4.55. The number of benzene rings is 2. The Balaban J connectivity index is 2.23. The molecule has 0 aliphatic carbocycles. The Bertz CT molecular complexity index is 599. The number of nitrogens with two attached hydrogens (primary N) is 1. The maximum Gasteiger partial charge on any atom is 0.123 e. The minimum absolute atomic E-state index is 0.119. The third-order valence-corrected chi connectivity index (χ3v) is 4.29. The van der Waals surface area contributed by atoms with Crippen molar-refractivity contribution in [1.82, 2.24) is 0 Å². The molecule has 0 amide bonds. The van der Waals surface area contributed by atoms with Gasteiger partial charge in [-0.3, -0.25) is 0 Å². The van der Waals surface area contributed by atoms with E-state index < -0.39 is 0 Å². The van der Waals surface area contributed by atoms with Gasteiger partial charge in [0.1, 0.15) is 5.82 Å². The summed E-state index contributed by atoms with van der Waals surface area (Å²) in [6.07, 6.45) is 0.687. The molecule has 0 bridgehead atoms. The van der Waals surface area contributed by atoms with E-state index in [1.165, 1.54) is 6.07 Å². The van der Waals surface area contributed by atoms with Crippen LogP contribution in [0, 0.1) is 12.7 Å². The minimum atomic E-state index is -0.209. The number of halogens is 3. The normalized spacial score (nSPS) is 12.5. The number of hydrogen-bond acceptors (Lipinski definition) is 1. The highest BCUT2D eigenvalue weighted by Crippen LogP contribution is 2.28. The second-order valence-corrected chi connectivity index (χ2v) is 6.32. The predicted octanol–water partition coefficient (Wildman–Crippen LogP) is 4.90. The van der Waals surface area contributed by atoms with Crippen molar-refractivity contribution in [1.29, 1.82) is 0 Å². The Morgan fingerprint density at radius 3 is 2.53 bits per heavy atom. The molecule has 0 saturated carbocycles. The van der Waals surface area contributed by atoms with Gasteiger partial charge >= 0.3 is 0 Å². The van der Waals surface area contributed by atoms with E-state index in [1.54, 1.807) is 12.1 Å². The third-order valence-electron chi connectivity index (χ3n) is 3.11. The summed E-state index contributed by atoms with van der Waals surface area (Å²) in [4.78, 5) is 0. The minimum Gasteiger partial charge on any atom is -0.324 e. The molecule has 2 rings (SSSR count). The van der Waals surface area contributed by atoms with E-state index in [0.717, 1.165) is 25.6 Å². The molecule has 0 aliphatic heterocycles. The Labute approximate surface area is 129 Å². The molecule has 0 aromatic heterocycles. The Kier molecular flexibility index (Phi) is 4.76. The molecule has 0 heterocycles. The summed E-state index contributed by atoms with van der Waals surface area (Å²) in [5, 5.41) is 0. The van der Waals surface area contributed by atoms with Gasteiger partial charge in [0.2, 0.25) is 0 Å². The first-order chi connectivity index (χ1) is 8.97. The van der Waals surface area contributed by atoms with Crippen LogP contribution in [0.5, 0.6) is 0 Å². The van der Waals surface area contributed by atoms with Gasteiger partial charge in [0.15, 0.2) is 0 Å². The molecule has 0 spiro atoms. The lowest BCUT2D eigenvalue weighted by Crippen LogP contribution is -2.14.